The molecule has 0 radical (unpaired) electrons. The van der Waals surface area contributed by atoms with Gasteiger partial charge >= 0.3 is 0 Å². The van der Waals surface area contributed by atoms with Crippen LogP contribution in [-0.2, 0) is 9.59 Å². The van der Waals surface area contributed by atoms with Crippen LogP contribution in [-0.4, -0.2) is 11.9 Å². The number of anilines is 1. The molecule has 0 aliphatic rings. The van der Waals surface area contributed by atoms with E-state index in [2.05, 4.69) is 21.2 Å². The molecule has 2 rings (SSSR count). The molecule has 0 heterocycles. The van der Waals surface area contributed by atoms with Gasteiger partial charge in [-0.3, -0.25) is 4.79 Å². The lowest BCUT2D eigenvalue weighted by atomic mass is 9.85. The molecule has 2 atom stereocenters. The number of carboxylic acid groups (broad SMARTS) is 1. The number of carboxylic acids is 1. The van der Waals surface area contributed by atoms with Crippen LogP contribution < -0.4 is 10.4 Å². The van der Waals surface area contributed by atoms with Crippen molar-refractivity contribution in [1.29, 1.82) is 0 Å². The van der Waals surface area contributed by atoms with Crippen molar-refractivity contribution in [3.8, 4) is 0 Å². The van der Waals surface area contributed by atoms with Crippen LogP contribution in [0.15, 0.2) is 53.0 Å². The smallest absolute Gasteiger partial charge is 0.225 e. The molecule has 0 aliphatic heterocycles. The van der Waals surface area contributed by atoms with Gasteiger partial charge in [0.15, 0.2) is 0 Å². The summed E-state index contributed by atoms with van der Waals surface area (Å²) in [6, 6.07) is 14.7. The summed E-state index contributed by atoms with van der Waals surface area (Å²) in [6.07, 6.45) is -0.135. The standard InChI is InChI=1S/C19H20BrNO3/c1-12-8-9-15(10-17(12)20)21-18(22)11-16(19(23)24)13(2)14-6-4-3-5-7-14/h3-10,13,16H,11H2,1-2H3,(H,21,22)(H,23,24)/p-1/t13-,16+/m1/s1. The van der Waals surface area contributed by atoms with Gasteiger partial charge in [0.25, 0.3) is 0 Å². The van der Waals surface area contributed by atoms with Crippen LogP contribution in [0.2, 0.25) is 0 Å². The number of halogens is 1. The molecule has 0 bridgehead atoms. The van der Waals surface area contributed by atoms with E-state index in [1.165, 1.54) is 0 Å². The Balaban J connectivity index is 2.08. The second kappa shape index (κ2) is 8.11. The number of benzene rings is 2. The zero-order valence-electron chi connectivity index (χ0n) is 13.6. The average molecular weight is 389 g/mol. The van der Waals surface area contributed by atoms with E-state index < -0.39 is 11.9 Å². The topological polar surface area (TPSA) is 69.2 Å². The highest BCUT2D eigenvalue weighted by Crippen LogP contribution is 2.27. The van der Waals surface area contributed by atoms with Crippen LogP contribution in [0.3, 0.4) is 0 Å². The van der Waals surface area contributed by atoms with Crippen LogP contribution >= 0.6 is 15.9 Å². The molecule has 0 saturated carbocycles. The maximum Gasteiger partial charge on any atom is 0.225 e. The van der Waals surface area contributed by atoms with Crippen LogP contribution in [0.25, 0.3) is 0 Å². The lowest BCUT2D eigenvalue weighted by Crippen LogP contribution is -2.36. The molecule has 1 N–H and O–H groups in total. The van der Waals surface area contributed by atoms with E-state index in [0.717, 1.165) is 15.6 Å². The van der Waals surface area contributed by atoms with Gasteiger partial charge in [0.2, 0.25) is 5.91 Å². The van der Waals surface area contributed by atoms with E-state index in [9.17, 15) is 14.7 Å². The predicted octanol–water partition coefficient (Wildman–Crippen LogP) is 3.26. The van der Waals surface area contributed by atoms with Crippen molar-refractivity contribution in [1.82, 2.24) is 0 Å². The van der Waals surface area contributed by atoms with Gasteiger partial charge < -0.3 is 15.2 Å². The predicted molar refractivity (Wildman–Crippen MR) is 95.5 cm³/mol. The third kappa shape index (κ3) is 4.68. The van der Waals surface area contributed by atoms with Crippen molar-refractivity contribution in [3.05, 3.63) is 64.1 Å². The Labute approximate surface area is 150 Å². The van der Waals surface area contributed by atoms with Crippen LogP contribution in [0, 0.1) is 12.8 Å². The van der Waals surface area contributed by atoms with Gasteiger partial charge in [-0.2, -0.15) is 0 Å². The first-order valence-corrected chi connectivity index (χ1v) is 8.49. The molecule has 0 aromatic heterocycles. The summed E-state index contributed by atoms with van der Waals surface area (Å²) < 4.78 is 0.884. The highest BCUT2D eigenvalue weighted by atomic mass is 79.9. The Hall–Kier alpha value is -2.14. The SMILES string of the molecule is Cc1ccc(NC(=O)C[C@H](C(=O)[O-])[C@H](C)c2ccccc2)cc1Br. The van der Waals surface area contributed by atoms with Gasteiger partial charge in [0, 0.05) is 28.5 Å². The van der Waals surface area contributed by atoms with Crippen molar-refractivity contribution in [2.75, 3.05) is 5.32 Å². The first-order chi connectivity index (χ1) is 11.4. The number of amides is 1. The van der Waals surface area contributed by atoms with E-state index in [1.54, 1.807) is 19.1 Å². The second-order valence-electron chi connectivity index (χ2n) is 5.84. The number of carbonyl (C=O) groups excluding carboxylic acids is 2. The molecular weight excluding hydrogens is 370 g/mol. The Kier molecular flexibility index (Phi) is 6.15. The maximum atomic E-state index is 12.2. The Morgan fingerprint density at radius 1 is 1.17 bits per heavy atom. The lowest BCUT2D eigenvalue weighted by molar-refractivity contribution is -0.312. The molecule has 5 heteroatoms. The third-order valence-electron chi connectivity index (χ3n) is 4.09. The zero-order valence-corrected chi connectivity index (χ0v) is 15.2. The number of hydrogen-bond donors (Lipinski definition) is 1. The largest absolute Gasteiger partial charge is 0.550 e. The van der Waals surface area contributed by atoms with Crippen molar-refractivity contribution in [3.63, 3.8) is 0 Å². The molecule has 0 saturated heterocycles. The minimum atomic E-state index is -1.22. The summed E-state index contributed by atoms with van der Waals surface area (Å²) in [7, 11) is 0. The van der Waals surface area contributed by atoms with Crippen molar-refractivity contribution in [2.45, 2.75) is 26.2 Å². The number of aryl methyl sites for hydroxylation is 1. The molecular formula is C19H19BrNO3-. The van der Waals surface area contributed by atoms with Crippen molar-refractivity contribution < 1.29 is 14.7 Å². The quantitative estimate of drug-likeness (QED) is 0.825. The fourth-order valence-electron chi connectivity index (χ4n) is 2.54. The van der Waals surface area contributed by atoms with Crippen LogP contribution in [0.1, 0.15) is 30.4 Å². The van der Waals surface area contributed by atoms with E-state index >= 15 is 0 Å². The Morgan fingerprint density at radius 3 is 2.42 bits per heavy atom. The first-order valence-electron chi connectivity index (χ1n) is 7.70. The van der Waals surface area contributed by atoms with E-state index in [0.29, 0.717) is 5.69 Å². The molecule has 0 spiro atoms. The number of rotatable bonds is 6. The molecule has 4 nitrogen and oxygen atoms in total. The Morgan fingerprint density at radius 2 is 1.83 bits per heavy atom. The number of hydrogen-bond acceptors (Lipinski definition) is 3. The summed E-state index contributed by atoms with van der Waals surface area (Å²) in [4.78, 5) is 23.7. The molecule has 0 unspecified atom stereocenters. The molecule has 24 heavy (non-hydrogen) atoms. The third-order valence-corrected chi connectivity index (χ3v) is 4.95. The highest BCUT2D eigenvalue weighted by molar-refractivity contribution is 9.10. The lowest BCUT2D eigenvalue weighted by Gasteiger charge is -2.25. The summed E-state index contributed by atoms with van der Waals surface area (Å²) in [6.45, 7) is 3.74. The van der Waals surface area contributed by atoms with Crippen LogP contribution in [0.5, 0.6) is 0 Å². The zero-order chi connectivity index (χ0) is 17.7. The Bertz CT molecular complexity index is 731. The average Bonchev–Trinajstić information content (AvgIpc) is 2.56. The summed E-state index contributed by atoms with van der Waals surface area (Å²) in [5.41, 5.74) is 2.55. The van der Waals surface area contributed by atoms with E-state index in [1.807, 2.05) is 43.3 Å². The normalized spacial score (nSPS) is 13.1. The van der Waals surface area contributed by atoms with Gasteiger partial charge in [-0.05, 0) is 36.1 Å². The van der Waals surface area contributed by atoms with Gasteiger partial charge in [0.1, 0.15) is 0 Å². The second-order valence-corrected chi connectivity index (χ2v) is 6.70. The number of carbonyl (C=O) groups is 2. The summed E-state index contributed by atoms with van der Waals surface area (Å²) in [5, 5.41) is 14.2. The highest BCUT2D eigenvalue weighted by Gasteiger charge is 2.23. The van der Waals surface area contributed by atoms with Crippen molar-refractivity contribution >= 4 is 33.5 Å². The van der Waals surface area contributed by atoms with Gasteiger partial charge in [-0.25, -0.2) is 0 Å². The van der Waals surface area contributed by atoms with Crippen molar-refractivity contribution in [2.24, 2.45) is 5.92 Å². The number of aliphatic carboxylic acids is 1. The summed E-state index contributed by atoms with van der Waals surface area (Å²) >= 11 is 3.41. The monoisotopic (exact) mass is 388 g/mol. The fraction of sp³-hybridized carbons (Fsp3) is 0.263. The molecule has 0 aliphatic carbocycles. The maximum absolute atomic E-state index is 12.2. The molecule has 2 aromatic carbocycles. The van der Waals surface area contributed by atoms with Gasteiger partial charge in [-0.15, -0.1) is 0 Å². The molecule has 0 fully saturated rings. The summed E-state index contributed by atoms with van der Waals surface area (Å²) in [5.74, 6) is -2.76. The fourth-order valence-corrected chi connectivity index (χ4v) is 2.91. The number of nitrogens with one attached hydrogen (secondary N) is 1. The van der Waals surface area contributed by atoms with Gasteiger partial charge in [-0.1, -0.05) is 59.3 Å². The van der Waals surface area contributed by atoms with E-state index in [-0.39, 0.29) is 18.2 Å². The molecule has 2 aromatic rings. The molecule has 126 valence electrons. The molecule has 1 amide bonds. The van der Waals surface area contributed by atoms with Crippen LogP contribution in [0.4, 0.5) is 5.69 Å². The first kappa shape index (κ1) is 18.2. The van der Waals surface area contributed by atoms with E-state index in [4.69, 9.17) is 0 Å². The minimum absolute atomic E-state index is 0.135. The van der Waals surface area contributed by atoms with Gasteiger partial charge in [0.05, 0.1) is 0 Å². The minimum Gasteiger partial charge on any atom is -0.550 e.